The number of carbonyl (C=O) groups excluding carboxylic acids is 2. The Morgan fingerprint density at radius 1 is 1.10 bits per heavy atom. The number of nitrogens with one attached hydrogen (secondary N) is 1. The maximum Gasteiger partial charge on any atom is 0.220 e. The summed E-state index contributed by atoms with van der Waals surface area (Å²) >= 11 is 0. The maximum absolute atomic E-state index is 12.1. The smallest absolute Gasteiger partial charge is 0.220 e. The third-order valence-electron chi connectivity index (χ3n) is 2.96. The molecule has 1 N–H and O–H groups in total. The van der Waals surface area contributed by atoms with Gasteiger partial charge >= 0.3 is 0 Å². The van der Waals surface area contributed by atoms with Crippen LogP contribution in [-0.4, -0.2) is 30.4 Å². The van der Waals surface area contributed by atoms with Crippen LogP contribution in [0.3, 0.4) is 0 Å². The van der Waals surface area contributed by atoms with Gasteiger partial charge in [0.15, 0.2) is 17.3 Å². The van der Waals surface area contributed by atoms with Crippen LogP contribution in [0, 0.1) is 0 Å². The molecule has 0 aliphatic carbocycles. The van der Waals surface area contributed by atoms with E-state index in [0.717, 1.165) is 0 Å². The zero-order valence-electron chi connectivity index (χ0n) is 12.7. The van der Waals surface area contributed by atoms with Crippen molar-refractivity contribution < 1.29 is 19.1 Å². The SMILES string of the molecule is CC(C)(C)NC(=O)CCC(=O)c1ccc2c(c1)OCCO2. The summed E-state index contributed by atoms with van der Waals surface area (Å²) in [6, 6.07) is 5.12. The van der Waals surface area contributed by atoms with E-state index in [2.05, 4.69) is 5.32 Å². The van der Waals surface area contributed by atoms with E-state index < -0.39 is 0 Å². The Balaban J connectivity index is 1.93. The molecule has 0 radical (unpaired) electrons. The fourth-order valence-electron chi connectivity index (χ4n) is 2.07. The molecule has 21 heavy (non-hydrogen) atoms. The van der Waals surface area contributed by atoms with Gasteiger partial charge in [-0.25, -0.2) is 0 Å². The zero-order valence-corrected chi connectivity index (χ0v) is 12.7. The minimum atomic E-state index is -0.281. The van der Waals surface area contributed by atoms with Crippen molar-refractivity contribution in [3.05, 3.63) is 23.8 Å². The number of hydrogen-bond acceptors (Lipinski definition) is 4. The summed E-state index contributed by atoms with van der Waals surface area (Å²) in [6.45, 7) is 6.74. The lowest BCUT2D eigenvalue weighted by Crippen LogP contribution is -2.40. The normalized spacial score (nSPS) is 13.7. The summed E-state index contributed by atoms with van der Waals surface area (Å²) in [6.07, 6.45) is 0.367. The van der Waals surface area contributed by atoms with Crippen molar-refractivity contribution in [2.24, 2.45) is 0 Å². The van der Waals surface area contributed by atoms with Crippen LogP contribution in [-0.2, 0) is 4.79 Å². The van der Waals surface area contributed by atoms with Gasteiger partial charge in [0.1, 0.15) is 13.2 Å². The molecule has 1 aromatic rings. The summed E-state index contributed by atoms with van der Waals surface area (Å²) < 4.78 is 10.9. The highest BCUT2D eigenvalue weighted by Gasteiger charge is 2.17. The van der Waals surface area contributed by atoms with E-state index in [0.29, 0.717) is 30.3 Å². The van der Waals surface area contributed by atoms with Crippen LogP contribution in [0.25, 0.3) is 0 Å². The van der Waals surface area contributed by atoms with Crippen LogP contribution in [0.15, 0.2) is 18.2 Å². The molecule has 0 saturated carbocycles. The molecule has 0 aromatic heterocycles. The molecule has 114 valence electrons. The van der Waals surface area contributed by atoms with Crippen LogP contribution in [0.1, 0.15) is 44.0 Å². The molecule has 1 aliphatic heterocycles. The number of carbonyl (C=O) groups is 2. The molecule has 0 spiro atoms. The van der Waals surface area contributed by atoms with Gasteiger partial charge in [-0.15, -0.1) is 0 Å². The van der Waals surface area contributed by atoms with Crippen molar-refractivity contribution >= 4 is 11.7 Å². The highest BCUT2D eigenvalue weighted by Crippen LogP contribution is 2.31. The summed E-state index contributed by atoms with van der Waals surface area (Å²) in [5, 5.41) is 2.84. The van der Waals surface area contributed by atoms with Crippen molar-refractivity contribution in [3.63, 3.8) is 0 Å². The molecule has 0 saturated heterocycles. The summed E-state index contributed by atoms with van der Waals surface area (Å²) in [7, 11) is 0. The second-order valence-corrected chi connectivity index (χ2v) is 6.08. The molecule has 1 aliphatic rings. The van der Waals surface area contributed by atoms with Gasteiger partial charge in [-0.2, -0.15) is 0 Å². The Labute approximate surface area is 124 Å². The van der Waals surface area contributed by atoms with Crippen molar-refractivity contribution in [1.82, 2.24) is 5.32 Å². The lowest BCUT2D eigenvalue weighted by molar-refractivity contribution is -0.122. The summed E-state index contributed by atoms with van der Waals surface area (Å²) in [5.41, 5.74) is 0.264. The van der Waals surface area contributed by atoms with Gasteiger partial charge < -0.3 is 14.8 Å². The number of fused-ring (bicyclic) bond motifs is 1. The van der Waals surface area contributed by atoms with E-state index in [1.54, 1.807) is 18.2 Å². The molecule has 0 atom stereocenters. The van der Waals surface area contributed by atoms with Gasteiger partial charge in [-0.05, 0) is 39.0 Å². The summed E-state index contributed by atoms with van der Waals surface area (Å²) in [4.78, 5) is 23.8. The van der Waals surface area contributed by atoms with Gasteiger partial charge in [-0.1, -0.05) is 0 Å². The van der Waals surface area contributed by atoms with Crippen LogP contribution in [0.2, 0.25) is 0 Å². The van der Waals surface area contributed by atoms with Gasteiger partial charge in [0.2, 0.25) is 5.91 Å². The number of amides is 1. The first-order valence-electron chi connectivity index (χ1n) is 7.09. The predicted octanol–water partition coefficient (Wildman–Crippen LogP) is 2.34. The Hall–Kier alpha value is -2.04. The fourth-order valence-corrected chi connectivity index (χ4v) is 2.07. The van der Waals surface area contributed by atoms with E-state index in [4.69, 9.17) is 9.47 Å². The summed E-state index contributed by atoms with van der Waals surface area (Å²) in [5.74, 6) is 1.05. The topological polar surface area (TPSA) is 64.6 Å². The highest BCUT2D eigenvalue weighted by molar-refractivity contribution is 5.98. The lowest BCUT2D eigenvalue weighted by Gasteiger charge is -2.20. The average molecular weight is 291 g/mol. The fraction of sp³-hybridized carbons (Fsp3) is 0.500. The van der Waals surface area contributed by atoms with Crippen LogP contribution >= 0.6 is 0 Å². The Kier molecular flexibility index (Phi) is 4.50. The lowest BCUT2D eigenvalue weighted by atomic mass is 10.0. The first-order valence-corrected chi connectivity index (χ1v) is 7.09. The van der Waals surface area contributed by atoms with Crippen molar-refractivity contribution in [2.75, 3.05) is 13.2 Å². The molecule has 1 amide bonds. The molecule has 5 heteroatoms. The number of ketones is 1. The average Bonchev–Trinajstić information content (AvgIpc) is 2.42. The second-order valence-electron chi connectivity index (χ2n) is 6.08. The van der Waals surface area contributed by atoms with Gasteiger partial charge in [-0.3, -0.25) is 9.59 Å². The Morgan fingerprint density at radius 3 is 2.43 bits per heavy atom. The number of rotatable bonds is 4. The molecule has 1 aromatic carbocycles. The molecule has 0 bridgehead atoms. The van der Waals surface area contributed by atoms with Crippen molar-refractivity contribution in [2.45, 2.75) is 39.2 Å². The van der Waals surface area contributed by atoms with Crippen molar-refractivity contribution in [1.29, 1.82) is 0 Å². The standard InChI is InChI=1S/C16H21NO4/c1-16(2,3)17-15(19)7-5-12(18)11-4-6-13-14(10-11)21-9-8-20-13/h4,6,10H,5,7-9H2,1-3H3,(H,17,19). The van der Waals surface area contributed by atoms with E-state index >= 15 is 0 Å². The minimum Gasteiger partial charge on any atom is -0.486 e. The molecule has 2 rings (SSSR count). The minimum absolute atomic E-state index is 0.0731. The first kappa shape index (κ1) is 15.4. The second kappa shape index (κ2) is 6.16. The first-order chi connectivity index (χ1) is 9.85. The van der Waals surface area contributed by atoms with Gasteiger partial charge in [0.25, 0.3) is 0 Å². The predicted molar refractivity (Wildman–Crippen MR) is 78.9 cm³/mol. The molecule has 0 unspecified atom stereocenters. The van der Waals surface area contributed by atoms with Crippen LogP contribution in [0.4, 0.5) is 0 Å². The van der Waals surface area contributed by atoms with Crippen LogP contribution in [0.5, 0.6) is 11.5 Å². The zero-order chi connectivity index (χ0) is 15.5. The van der Waals surface area contributed by atoms with E-state index in [-0.39, 0.29) is 30.1 Å². The molecular weight excluding hydrogens is 270 g/mol. The van der Waals surface area contributed by atoms with Crippen LogP contribution < -0.4 is 14.8 Å². The quantitative estimate of drug-likeness (QED) is 0.865. The third kappa shape index (κ3) is 4.48. The monoisotopic (exact) mass is 291 g/mol. The molecular formula is C16H21NO4. The number of Topliss-reactive ketones (excluding diaryl/α,β-unsaturated/α-hetero) is 1. The largest absolute Gasteiger partial charge is 0.486 e. The number of benzene rings is 1. The van der Waals surface area contributed by atoms with E-state index in [9.17, 15) is 9.59 Å². The maximum atomic E-state index is 12.1. The van der Waals surface area contributed by atoms with Crippen molar-refractivity contribution in [3.8, 4) is 11.5 Å². The molecule has 5 nitrogen and oxygen atoms in total. The Bertz CT molecular complexity index is 546. The third-order valence-corrected chi connectivity index (χ3v) is 2.96. The highest BCUT2D eigenvalue weighted by atomic mass is 16.6. The molecule has 1 heterocycles. The molecule has 0 fully saturated rings. The number of ether oxygens (including phenoxy) is 2. The van der Waals surface area contributed by atoms with Gasteiger partial charge in [0.05, 0.1) is 0 Å². The van der Waals surface area contributed by atoms with E-state index in [1.165, 1.54) is 0 Å². The van der Waals surface area contributed by atoms with Gasteiger partial charge in [0, 0.05) is 23.9 Å². The van der Waals surface area contributed by atoms with E-state index in [1.807, 2.05) is 20.8 Å². The Morgan fingerprint density at radius 2 is 1.76 bits per heavy atom. The number of hydrogen-bond donors (Lipinski definition) is 1.